The third kappa shape index (κ3) is 4.50. The average molecular weight is 335 g/mol. The topological polar surface area (TPSA) is 38.3 Å². The van der Waals surface area contributed by atoms with Gasteiger partial charge in [0.25, 0.3) is 0 Å². The molecular formula is C13H17BrClNO2. The van der Waals surface area contributed by atoms with Gasteiger partial charge in [0.1, 0.15) is 5.60 Å². The zero-order valence-electron chi connectivity index (χ0n) is 10.9. The van der Waals surface area contributed by atoms with Crippen molar-refractivity contribution in [2.45, 2.75) is 39.3 Å². The number of carbonyl (C=O) groups excluding carboxylic acids is 1. The number of rotatable bonds is 2. The zero-order chi connectivity index (χ0) is 13.9. The number of amides is 1. The monoisotopic (exact) mass is 333 g/mol. The number of alkyl carbamates (subject to hydrolysis) is 1. The highest BCUT2D eigenvalue weighted by Gasteiger charge is 2.20. The lowest BCUT2D eigenvalue weighted by molar-refractivity contribution is 0.0508. The molecule has 0 aromatic heterocycles. The molecule has 5 heteroatoms. The van der Waals surface area contributed by atoms with E-state index >= 15 is 0 Å². The molecule has 0 radical (unpaired) electrons. The Morgan fingerprint density at radius 3 is 2.56 bits per heavy atom. The molecular weight excluding hydrogens is 318 g/mol. The Hall–Kier alpha value is -0.740. The molecule has 1 aromatic carbocycles. The highest BCUT2D eigenvalue weighted by atomic mass is 79.9. The fourth-order valence-corrected chi connectivity index (χ4v) is 2.64. The van der Waals surface area contributed by atoms with Crippen molar-refractivity contribution in [3.8, 4) is 0 Å². The standard InChI is InChI=1S/C13H17BrClNO2/c1-8(16-12(17)18-13(2,3)4)11-9(14)6-5-7-10(11)15/h5-8H,1-4H3,(H,16,17)/t8-/m0/s1. The third-order valence-corrected chi connectivity index (χ3v) is 3.19. The van der Waals surface area contributed by atoms with Crippen LogP contribution in [-0.2, 0) is 4.74 Å². The van der Waals surface area contributed by atoms with E-state index in [1.807, 2.05) is 39.8 Å². The van der Waals surface area contributed by atoms with Crippen LogP contribution in [0.3, 0.4) is 0 Å². The van der Waals surface area contributed by atoms with E-state index in [1.165, 1.54) is 0 Å². The molecule has 0 aliphatic rings. The maximum atomic E-state index is 11.7. The molecule has 0 aliphatic carbocycles. The van der Waals surface area contributed by atoms with E-state index in [0.717, 1.165) is 10.0 Å². The molecule has 0 aliphatic heterocycles. The highest BCUT2D eigenvalue weighted by Crippen LogP contribution is 2.30. The number of hydrogen-bond acceptors (Lipinski definition) is 2. The molecule has 3 nitrogen and oxygen atoms in total. The van der Waals surface area contributed by atoms with E-state index in [0.29, 0.717) is 5.02 Å². The first-order valence-corrected chi connectivity index (χ1v) is 6.81. The van der Waals surface area contributed by atoms with Crippen LogP contribution in [0.4, 0.5) is 4.79 Å². The van der Waals surface area contributed by atoms with E-state index in [-0.39, 0.29) is 6.04 Å². The molecule has 1 rings (SSSR count). The van der Waals surface area contributed by atoms with Gasteiger partial charge in [-0.05, 0) is 39.8 Å². The SMILES string of the molecule is C[C@H](NC(=O)OC(C)(C)C)c1c(Cl)cccc1Br. The number of halogens is 2. The second-order valence-corrected chi connectivity index (χ2v) is 6.26. The van der Waals surface area contributed by atoms with Gasteiger partial charge in [-0.15, -0.1) is 0 Å². The summed E-state index contributed by atoms with van der Waals surface area (Å²) < 4.78 is 6.06. The summed E-state index contributed by atoms with van der Waals surface area (Å²) in [5.74, 6) is 0. The van der Waals surface area contributed by atoms with Gasteiger partial charge in [0, 0.05) is 15.1 Å². The van der Waals surface area contributed by atoms with Crippen LogP contribution in [-0.4, -0.2) is 11.7 Å². The Morgan fingerprint density at radius 2 is 2.06 bits per heavy atom. The largest absolute Gasteiger partial charge is 0.444 e. The Labute approximate surface area is 121 Å². The highest BCUT2D eigenvalue weighted by molar-refractivity contribution is 9.10. The normalized spacial score (nSPS) is 13.0. The molecule has 0 saturated heterocycles. The molecule has 18 heavy (non-hydrogen) atoms. The number of benzene rings is 1. The smallest absolute Gasteiger partial charge is 0.408 e. The Balaban J connectivity index is 2.77. The van der Waals surface area contributed by atoms with Crippen molar-refractivity contribution in [3.05, 3.63) is 33.3 Å². The summed E-state index contributed by atoms with van der Waals surface area (Å²) in [5, 5.41) is 3.36. The summed E-state index contributed by atoms with van der Waals surface area (Å²) in [6, 6.07) is 5.28. The number of carbonyl (C=O) groups is 1. The summed E-state index contributed by atoms with van der Waals surface area (Å²) in [4.78, 5) is 11.7. The van der Waals surface area contributed by atoms with Gasteiger partial charge < -0.3 is 10.1 Å². The van der Waals surface area contributed by atoms with Gasteiger partial charge in [0.05, 0.1) is 6.04 Å². The van der Waals surface area contributed by atoms with Crippen molar-refractivity contribution in [2.75, 3.05) is 0 Å². The quantitative estimate of drug-likeness (QED) is 0.852. The minimum atomic E-state index is -0.512. The van der Waals surface area contributed by atoms with Gasteiger partial charge in [-0.1, -0.05) is 33.6 Å². The van der Waals surface area contributed by atoms with Crippen LogP contribution in [0.15, 0.2) is 22.7 Å². The van der Waals surface area contributed by atoms with Crippen molar-refractivity contribution in [1.29, 1.82) is 0 Å². The fourth-order valence-electron chi connectivity index (χ4n) is 1.48. The van der Waals surface area contributed by atoms with Crippen molar-refractivity contribution in [3.63, 3.8) is 0 Å². The van der Waals surface area contributed by atoms with Gasteiger partial charge in [0.15, 0.2) is 0 Å². The van der Waals surface area contributed by atoms with E-state index in [4.69, 9.17) is 16.3 Å². The first kappa shape index (κ1) is 15.3. The zero-order valence-corrected chi connectivity index (χ0v) is 13.2. The maximum Gasteiger partial charge on any atom is 0.408 e. The predicted molar refractivity (Wildman–Crippen MR) is 76.9 cm³/mol. The lowest BCUT2D eigenvalue weighted by Gasteiger charge is -2.23. The van der Waals surface area contributed by atoms with Crippen LogP contribution in [0.25, 0.3) is 0 Å². The molecule has 1 atom stereocenters. The number of nitrogens with one attached hydrogen (secondary N) is 1. The predicted octanol–water partition coefficient (Wildman–Crippen LogP) is 4.69. The fraction of sp³-hybridized carbons (Fsp3) is 0.462. The summed E-state index contributed by atoms with van der Waals surface area (Å²) in [7, 11) is 0. The molecule has 0 heterocycles. The lowest BCUT2D eigenvalue weighted by Crippen LogP contribution is -2.34. The van der Waals surface area contributed by atoms with Crippen LogP contribution in [0.1, 0.15) is 39.3 Å². The molecule has 0 unspecified atom stereocenters. The van der Waals surface area contributed by atoms with Crippen LogP contribution in [0.5, 0.6) is 0 Å². The molecule has 0 fully saturated rings. The summed E-state index contributed by atoms with van der Waals surface area (Å²) >= 11 is 9.54. The molecule has 1 amide bonds. The molecule has 100 valence electrons. The summed E-state index contributed by atoms with van der Waals surface area (Å²) in [5.41, 5.74) is 0.326. The molecule has 0 saturated carbocycles. The van der Waals surface area contributed by atoms with Crippen molar-refractivity contribution in [1.82, 2.24) is 5.32 Å². The van der Waals surface area contributed by atoms with E-state index in [2.05, 4.69) is 21.2 Å². The van der Waals surface area contributed by atoms with Crippen LogP contribution < -0.4 is 5.32 Å². The Morgan fingerprint density at radius 1 is 1.44 bits per heavy atom. The van der Waals surface area contributed by atoms with Gasteiger partial charge in [-0.2, -0.15) is 0 Å². The average Bonchev–Trinajstić information content (AvgIpc) is 2.13. The van der Waals surface area contributed by atoms with Crippen molar-refractivity contribution < 1.29 is 9.53 Å². The van der Waals surface area contributed by atoms with Crippen LogP contribution in [0, 0.1) is 0 Å². The van der Waals surface area contributed by atoms with E-state index in [9.17, 15) is 4.79 Å². The van der Waals surface area contributed by atoms with Crippen molar-refractivity contribution in [2.24, 2.45) is 0 Å². The van der Waals surface area contributed by atoms with Crippen LogP contribution >= 0.6 is 27.5 Å². The minimum absolute atomic E-state index is 0.233. The molecule has 1 N–H and O–H groups in total. The number of hydrogen-bond donors (Lipinski definition) is 1. The van der Waals surface area contributed by atoms with E-state index in [1.54, 1.807) is 6.07 Å². The van der Waals surface area contributed by atoms with Gasteiger partial charge in [0.2, 0.25) is 0 Å². The minimum Gasteiger partial charge on any atom is -0.444 e. The first-order chi connectivity index (χ1) is 8.20. The number of ether oxygens (including phenoxy) is 1. The van der Waals surface area contributed by atoms with Gasteiger partial charge >= 0.3 is 6.09 Å². The van der Waals surface area contributed by atoms with Crippen molar-refractivity contribution >= 4 is 33.6 Å². The Kier molecular flexibility index (Phi) is 5.05. The summed E-state index contributed by atoms with van der Waals surface area (Å²) in [6.45, 7) is 7.32. The maximum absolute atomic E-state index is 11.7. The van der Waals surface area contributed by atoms with Gasteiger partial charge in [-0.3, -0.25) is 0 Å². The van der Waals surface area contributed by atoms with E-state index < -0.39 is 11.7 Å². The molecule has 0 spiro atoms. The first-order valence-electron chi connectivity index (χ1n) is 5.64. The second-order valence-electron chi connectivity index (χ2n) is 5.00. The third-order valence-electron chi connectivity index (χ3n) is 2.17. The second kappa shape index (κ2) is 5.93. The molecule has 0 bridgehead atoms. The van der Waals surface area contributed by atoms with Crippen LogP contribution in [0.2, 0.25) is 5.02 Å². The van der Waals surface area contributed by atoms with Gasteiger partial charge in [-0.25, -0.2) is 4.79 Å². The lowest BCUT2D eigenvalue weighted by atomic mass is 10.1. The Bertz CT molecular complexity index is 423. The molecule has 1 aromatic rings. The summed E-state index contributed by atoms with van der Waals surface area (Å²) in [6.07, 6.45) is -0.457.